The van der Waals surface area contributed by atoms with Gasteiger partial charge in [0, 0.05) is 41.3 Å². The maximum absolute atomic E-state index is 15.5. The first-order valence-corrected chi connectivity index (χ1v) is 11.2. The first-order chi connectivity index (χ1) is 14.6. The number of aromatic amines is 1. The lowest BCUT2D eigenvalue weighted by Crippen LogP contribution is -2.37. The second kappa shape index (κ2) is 8.92. The quantitative estimate of drug-likeness (QED) is 0.573. The van der Waals surface area contributed by atoms with Gasteiger partial charge in [-0.05, 0) is 48.1 Å². The molecule has 2 heterocycles. The molecule has 1 unspecified atom stereocenters. The van der Waals surface area contributed by atoms with Gasteiger partial charge in [0.15, 0.2) is 6.17 Å². The highest BCUT2D eigenvalue weighted by Crippen LogP contribution is 2.34. The molecule has 0 bridgehead atoms. The number of alkyl halides is 1. The van der Waals surface area contributed by atoms with Crippen LogP contribution in [0.3, 0.4) is 0 Å². The van der Waals surface area contributed by atoms with Crippen molar-refractivity contribution >= 4 is 34.5 Å². The van der Waals surface area contributed by atoms with Crippen molar-refractivity contribution in [3.05, 3.63) is 70.9 Å². The van der Waals surface area contributed by atoms with Crippen LogP contribution in [0.15, 0.2) is 48.7 Å². The van der Waals surface area contributed by atoms with Crippen molar-refractivity contribution in [1.82, 2.24) is 15.6 Å². The summed E-state index contributed by atoms with van der Waals surface area (Å²) in [7, 11) is 1.56. The largest absolute Gasteiger partial charge is 0.360 e. The normalized spacial score (nSPS) is 15.7. The Balaban J connectivity index is 1.64. The number of carbonyl (C=O) groups excluding carboxylic acids is 2. The second-order valence-corrected chi connectivity index (χ2v) is 8.62. The van der Waals surface area contributed by atoms with Crippen molar-refractivity contribution in [1.29, 1.82) is 0 Å². The van der Waals surface area contributed by atoms with E-state index in [1.807, 2.05) is 17.8 Å². The van der Waals surface area contributed by atoms with Crippen molar-refractivity contribution in [3.63, 3.8) is 0 Å². The second-order valence-electron chi connectivity index (χ2n) is 7.40. The van der Waals surface area contributed by atoms with Gasteiger partial charge in [-0.25, -0.2) is 4.39 Å². The molecule has 30 heavy (non-hydrogen) atoms. The lowest BCUT2D eigenvalue weighted by atomic mass is 9.96. The van der Waals surface area contributed by atoms with E-state index in [-0.39, 0.29) is 17.9 Å². The molecule has 0 aliphatic carbocycles. The van der Waals surface area contributed by atoms with Crippen LogP contribution < -0.4 is 10.6 Å². The van der Waals surface area contributed by atoms with Gasteiger partial charge in [-0.1, -0.05) is 24.3 Å². The van der Waals surface area contributed by atoms with Crippen LogP contribution in [-0.4, -0.2) is 41.4 Å². The zero-order chi connectivity index (χ0) is 21.1. The molecule has 1 aromatic heterocycles. The summed E-state index contributed by atoms with van der Waals surface area (Å²) in [6.45, 7) is 0. The van der Waals surface area contributed by atoms with Crippen LogP contribution in [0.4, 0.5) is 4.39 Å². The van der Waals surface area contributed by atoms with Crippen molar-refractivity contribution in [3.8, 4) is 0 Å². The number of fused-ring (bicyclic) bond motifs is 1. The minimum atomic E-state index is -1.42. The van der Waals surface area contributed by atoms with Crippen molar-refractivity contribution in [2.45, 2.75) is 25.1 Å². The summed E-state index contributed by atoms with van der Waals surface area (Å²) in [4.78, 5) is 27.8. The number of amides is 2. The van der Waals surface area contributed by atoms with E-state index in [2.05, 4.69) is 15.6 Å². The fourth-order valence-electron chi connectivity index (χ4n) is 3.84. The van der Waals surface area contributed by atoms with Crippen molar-refractivity contribution < 1.29 is 14.0 Å². The highest BCUT2D eigenvalue weighted by molar-refractivity contribution is 7.99. The number of benzene rings is 2. The van der Waals surface area contributed by atoms with Gasteiger partial charge in [0.05, 0.1) is 5.56 Å². The van der Waals surface area contributed by atoms with Gasteiger partial charge in [0.1, 0.15) is 0 Å². The lowest BCUT2D eigenvalue weighted by Gasteiger charge is -2.22. The molecule has 1 atom stereocenters. The summed E-state index contributed by atoms with van der Waals surface area (Å²) >= 11 is 1.90. The van der Waals surface area contributed by atoms with Gasteiger partial charge in [-0.3, -0.25) is 9.59 Å². The van der Waals surface area contributed by atoms with E-state index in [9.17, 15) is 9.59 Å². The molecule has 1 fully saturated rings. The molecule has 156 valence electrons. The Morgan fingerprint density at radius 1 is 1.10 bits per heavy atom. The fraction of sp³-hybridized carbons (Fsp3) is 0.304. The Hall–Kier alpha value is -2.80. The van der Waals surface area contributed by atoms with Crippen LogP contribution in [-0.2, 0) is 0 Å². The molecule has 1 aliphatic heterocycles. The van der Waals surface area contributed by atoms with E-state index < -0.39 is 6.17 Å². The summed E-state index contributed by atoms with van der Waals surface area (Å²) in [6, 6.07) is 11.9. The zero-order valence-corrected chi connectivity index (χ0v) is 17.5. The molecule has 0 radical (unpaired) electrons. The number of nitrogens with one attached hydrogen (secondary N) is 3. The average Bonchev–Trinajstić information content (AvgIpc) is 3.23. The monoisotopic (exact) mass is 425 g/mol. The molecule has 3 N–H and O–H groups in total. The Bertz CT molecular complexity index is 1060. The van der Waals surface area contributed by atoms with E-state index in [4.69, 9.17) is 0 Å². The maximum Gasteiger partial charge on any atom is 0.253 e. The Morgan fingerprint density at radius 3 is 2.53 bits per heavy atom. The number of halogens is 1. The highest BCUT2D eigenvalue weighted by atomic mass is 32.2. The van der Waals surface area contributed by atoms with Crippen molar-refractivity contribution in [2.24, 2.45) is 0 Å². The predicted molar refractivity (Wildman–Crippen MR) is 119 cm³/mol. The van der Waals surface area contributed by atoms with E-state index in [1.165, 1.54) is 0 Å². The van der Waals surface area contributed by atoms with Crippen LogP contribution in [0.25, 0.3) is 10.9 Å². The third-order valence-corrected chi connectivity index (χ3v) is 6.55. The molecule has 2 aromatic carbocycles. The number of carbonyl (C=O) groups is 2. The smallest absolute Gasteiger partial charge is 0.253 e. The molecule has 2 amide bonds. The first kappa shape index (κ1) is 20.5. The number of hydrogen-bond donors (Lipinski definition) is 3. The standard InChI is InChI=1S/C23H24FN3O2S/c1-25-22(28)15-7-5-14(6-8-15)21(24)17-3-2-4-19-20(17)18(13-26-19)23(29)27-16-9-11-30-12-10-16/h2-8,13,16,21,26H,9-12H2,1H3,(H,25,28)(H,27,29). The number of rotatable bonds is 5. The number of thioether (sulfide) groups is 1. The molecule has 3 aromatic rings. The molecule has 4 rings (SSSR count). The average molecular weight is 426 g/mol. The highest BCUT2D eigenvalue weighted by Gasteiger charge is 2.23. The Kier molecular flexibility index (Phi) is 6.08. The number of hydrogen-bond acceptors (Lipinski definition) is 3. The molecule has 0 spiro atoms. The van der Waals surface area contributed by atoms with E-state index >= 15 is 4.39 Å². The molecular formula is C23H24FN3O2S. The maximum atomic E-state index is 15.5. The minimum absolute atomic E-state index is 0.161. The van der Waals surface area contributed by atoms with Crippen LogP contribution in [0.1, 0.15) is 50.9 Å². The molecular weight excluding hydrogens is 401 g/mol. The van der Waals surface area contributed by atoms with E-state index in [0.717, 1.165) is 29.9 Å². The Morgan fingerprint density at radius 2 is 1.83 bits per heavy atom. The van der Waals surface area contributed by atoms with Gasteiger partial charge >= 0.3 is 0 Å². The van der Waals surface area contributed by atoms with Crippen LogP contribution >= 0.6 is 11.8 Å². The summed E-state index contributed by atoms with van der Waals surface area (Å²) < 4.78 is 15.5. The number of aromatic nitrogens is 1. The van der Waals surface area contributed by atoms with Gasteiger partial charge < -0.3 is 15.6 Å². The molecule has 1 saturated heterocycles. The summed E-state index contributed by atoms with van der Waals surface area (Å²) in [5, 5.41) is 6.26. The van der Waals surface area contributed by atoms with Crippen molar-refractivity contribution in [2.75, 3.05) is 18.6 Å². The van der Waals surface area contributed by atoms with Gasteiger partial charge in [0.2, 0.25) is 0 Å². The fourth-order valence-corrected chi connectivity index (χ4v) is 4.94. The lowest BCUT2D eigenvalue weighted by molar-refractivity contribution is 0.0934. The van der Waals surface area contributed by atoms with Gasteiger partial charge in [0.25, 0.3) is 11.8 Å². The summed E-state index contributed by atoms with van der Waals surface area (Å²) in [5.74, 6) is 1.70. The SMILES string of the molecule is CNC(=O)c1ccc(C(F)c2cccc3[nH]cc(C(=O)NC4CCSCC4)c23)cc1. The van der Waals surface area contributed by atoms with Gasteiger partial charge in [-0.15, -0.1) is 0 Å². The first-order valence-electron chi connectivity index (χ1n) is 10.0. The van der Waals surface area contributed by atoms with E-state index in [0.29, 0.717) is 27.6 Å². The van der Waals surface area contributed by atoms with E-state index in [1.54, 1.807) is 49.6 Å². The molecule has 1 aliphatic rings. The predicted octanol–water partition coefficient (Wildman–Crippen LogP) is 4.21. The molecule has 7 heteroatoms. The van der Waals surface area contributed by atoms with Crippen LogP contribution in [0, 0.1) is 0 Å². The van der Waals surface area contributed by atoms with Crippen LogP contribution in [0.5, 0.6) is 0 Å². The molecule has 0 saturated carbocycles. The minimum Gasteiger partial charge on any atom is -0.360 e. The Labute approximate surface area is 178 Å². The molecule has 5 nitrogen and oxygen atoms in total. The third-order valence-electron chi connectivity index (χ3n) is 5.50. The summed E-state index contributed by atoms with van der Waals surface area (Å²) in [5.41, 5.74) is 2.53. The van der Waals surface area contributed by atoms with Gasteiger partial charge in [-0.2, -0.15) is 11.8 Å². The summed E-state index contributed by atoms with van der Waals surface area (Å²) in [6.07, 6.45) is 2.15. The van der Waals surface area contributed by atoms with Crippen LogP contribution in [0.2, 0.25) is 0 Å². The topological polar surface area (TPSA) is 74.0 Å². The number of H-pyrrole nitrogens is 1. The third kappa shape index (κ3) is 4.07. The zero-order valence-electron chi connectivity index (χ0n) is 16.7.